The highest BCUT2D eigenvalue weighted by atomic mass is 16.2. The van der Waals surface area contributed by atoms with Crippen molar-refractivity contribution in [2.75, 3.05) is 13.1 Å². The highest BCUT2D eigenvalue weighted by Crippen LogP contribution is 2.19. The molecule has 0 spiro atoms. The van der Waals surface area contributed by atoms with E-state index in [-0.39, 0.29) is 18.0 Å². The van der Waals surface area contributed by atoms with Gasteiger partial charge in [0.25, 0.3) is 5.56 Å². The number of piperidine rings is 1. The molecule has 2 aromatic heterocycles. The van der Waals surface area contributed by atoms with E-state index in [2.05, 4.69) is 44.6 Å². The number of hydrogen-bond acceptors (Lipinski definition) is 5. The third-order valence-electron chi connectivity index (χ3n) is 5.54. The summed E-state index contributed by atoms with van der Waals surface area (Å²) in [6.45, 7) is 2.48. The Morgan fingerprint density at radius 3 is 2.90 bits per heavy atom. The van der Waals surface area contributed by atoms with Crippen molar-refractivity contribution in [1.82, 2.24) is 29.5 Å². The minimum absolute atomic E-state index is 0.0396. The van der Waals surface area contributed by atoms with E-state index in [1.807, 2.05) is 6.07 Å². The van der Waals surface area contributed by atoms with Gasteiger partial charge in [-0.15, -0.1) is 0 Å². The van der Waals surface area contributed by atoms with Gasteiger partial charge >= 0.3 is 0 Å². The van der Waals surface area contributed by atoms with Crippen LogP contribution in [-0.4, -0.2) is 49.3 Å². The fourth-order valence-corrected chi connectivity index (χ4v) is 3.94. The van der Waals surface area contributed by atoms with Gasteiger partial charge in [0.1, 0.15) is 18.3 Å². The number of nitrogens with zero attached hydrogens (tertiary/aromatic N) is 5. The van der Waals surface area contributed by atoms with E-state index in [1.165, 1.54) is 35.5 Å². The minimum atomic E-state index is -0.248. The Bertz CT molecular complexity index is 1040. The highest BCUT2D eigenvalue weighted by Gasteiger charge is 2.23. The number of rotatable bonds is 6. The van der Waals surface area contributed by atoms with Crippen LogP contribution < -0.4 is 10.9 Å². The molecule has 0 bridgehead atoms. The fourth-order valence-electron chi connectivity index (χ4n) is 3.94. The molecule has 4 rings (SSSR count). The van der Waals surface area contributed by atoms with Gasteiger partial charge in [-0.2, -0.15) is 5.10 Å². The van der Waals surface area contributed by atoms with Gasteiger partial charge in [0.15, 0.2) is 5.65 Å². The standard InChI is InChI=1S/C21H26N6O2/c1-25-20-18(12-24-25)21(29)27(15-23-20)14-19(28)22-11-17-9-5-6-10-26(17)13-16-7-3-2-4-8-16/h2-4,7-8,12,15,17H,5-6,9-11,13-14H2,1H3,(H,22,28). The molecule has 1 unspecified atom stereocenters. The quantitative estimate of drug-likeness (QED) is 0.681. The summed E-state index contributed by atoms with van der Waals surface area (Å²) in [6.07, 6.45) is 6.32. The van der Waals surface area contributed by atoms with Crippen LogP contribution >= 0.6 is 0 Å². The lowest BCUT2D eigenvalue weighted by atomic mass is 10.0. The predicted octanol–water partition coefficient (Wildman–Crippen LogP) is 1.30. The zero-order valence-corrected chi connectivity index (χ0v) is 16.6. The molecule has 1 aliphatic rings. The number of aromatic nitrogens is 4. The highest BCUT2D eigenvalue weighted by molar-refractivity contribution is 5.77. The molecule has 8 nitrogen and oxygen atoms in total. The maximum Gasteiger partial charge on any atom is 0.264 e. The van der Waals surface area contributed by atoms with Crippen molar-refractivity contribution >= 4 is 16.9 Å². The van der Waals surface area contributed by atoms with E-state index in [0.29, 0.717) is 23.6 Å². The topological polar surface area (TPSA) is 85.0 Å². The average Bonchev–Trinajstić information content (AvgIpc) is 3.12. The van der Waals surface area contributed by atoms with Crippen molar-refractivity contribution < 1.29 is 4.79 Å². The Labute approximate surface area is 169 Å². The number of nitrogens with one attached hydrogen (secondary N) is 1. The largest absolute Gasteiger partial charge is 0.353 e. The van der Waals surface area contributed by atoms with Gasteiger partial charge in [-0.1, -0.05) is 36.8 Å². The molecule has 8 heteroatoms. The van der Waals surface area contributed by atoms with Gasteiger partial charge in [-0.3, -0.25) is 23.7 Å². The Balaban J connectivity index is 1.37. The number of carbonyl (C=O) groups is 1. The van der Waals surface area contributed by atoms with Gasteiger partial charge in [0.2, 0.25) is 5.91 Å². The molecule has 0 radical (unpaired) electrons. The molecular formula is C21H26N6O2. The van der Waals surface area contributed by atoms with Crippen LogP contribution in [0.3, 0.4) is 0 Å². The molecule has 1 amide bonds. The van der Waals surface area contributed by atoms with Crippen molar-refractivity contribution in [1.29, 1.82) is 0 Å². The number of carbonyl (C=O) groups excluding carboxylic acids is 1. The van der Waals surface area contributed by atoms with Gasteiger partial charge in [-0.25, -0.2) is 4.98 Å². The summed E-state index contributed by atoms with van der Waals surface area (Å²) in [7, 11) is 1.73. The number of benzene rings is 1. The molecule has 3 heterocycles. The van der Waals surface area contributed by atoms with Gasteiger partial charge in [0, 0.05) is 26.2 Å². The molecule has 1 atom stereocenters. The summed E-state index contributed by atoms with van der Waals surface area (Å²) >= 11 is 0. The molecule has 1 saturated heterocycles. The van der Waals surface area contributed by atoms with Gasteiger partial charge in [-0.05, 0) is 24.9 Å². The molecule has 29 heavy (non-hydrogen) atoms. The lowest BCUT2D eigenvalue weighted by molar-refractivity contribution is -0.122. The molecule has 0 saturated carbocycles. The summed E-state index contributed by atoms with van der Waals surface area (Å²) in [6, 6.07) is 10.7. The Kier molecular flexibility index (Phi) is 5.71. The summed E-state index contributed by atoms with van der Waals surface area (Å²) < 4.78 is 2.88. The van der Waals surface area contributed by atoms with Crippen LogP contribution in [0, 0.1) is 0 Å². The van der Waals surface area contributed by atoms with Crippen LogP contribution in [0.4, 0.5) is 0 Å². The Morgan fingerprint density at radius 1 is 1.24 bits per heavy atom. The van der Waals surface area contributed by atoms with Crippen molar-refractivity contribution in [2.45, 2.75) is 38.4 Å². The zero-order valence-electron chi connectivity index (χ0n) is 16.6. The molecule has 1 N–H and O–H groups in total. The van der Waals surface area contributed by atoms with E-state index in [0.717, 1.165) is 19.5 Å². The Morgan fingerprint density at radius 2 is 2.07 bits per heavy atom. The first-order valence-electron chi connectivity index (χ1n) is 10.0. The molecule has 0 aliphatic carbocycles. The zero-order chi connectivity index (χ0) is 20.2. The summed E-state index contributed by atoms with van der Waals surface area (Å²) in [4.78, 5) is 31.7. The minimum Gasteiger partial charge on any atom is -0.353 e. The van der Waals surface area contributed by atoms with E-state index in [9.17, 15) is 9.59 Å². The van der Waals surface area contributed by atoms with Crippen LogP contribution in [0.5, 0.6) is 0 Å². The second-order valence-electron chi connectivity index (χ2n) is 7.59. The third-order valence-corrected chi connectivity index (χ3v) is 5.54. The van der Waals surface area contributed by atoms with Crippen molar-refractivity contribution in [3.63, 3.8) is 0 Å². The van der Waals surface area contributed by atoms with Gasteiger partial charge in [0.05, 0.1) is 6.20 Å². The lowest BCUT2D eigenvalue weighted by Gasteiger charge is -2.36. The van der Waals surface area contributed by atoms with E-state index in [4.69, 9.17) is 0 Å². The predicted molar refractivity (Wildman–Crippen MR) is 110 cm³/mol. The lowest BCUT2D eigenvalue weighted by Crippen LogP contribution is -2.47. The van der Waals surface area contributed by atoms with Crippen molar-refractivity contribution in [2.24, 2.45) is 7.05 Å². The van der Waals surface area contributed by atoms with E-state index in [1.54, 1.807) is 11.7 Å². The first kappa shape index (κ1) is 19.3. The molecule has 1 aromatic carbocycles. The number of aryl methyl sites for hydroxylation is 1. The second kappa shape index (κ2) is 8.57. The fraction of sp³-hybridized carbons (Fsp3) is 0.429. The van der Waals surface area contributed by atoms with E-state index >= 15 is 0 Å². The van der Waals surface area contributed by atoms with Crippen molar-refractivity contribution in [3.05, 3.63) is 58.8 Å². The third kappa shape index (κ3) is 4.37. The van der Waals surface area contributed by atoms with Crippen molar-refractivity contribution in [3.8, 4) is 0 Å². The number of likely N-dealkylation sites (tertiary alicyclic amines) is 1. The second-order valence-corrected chi connectivity index (χ2v) is 7.59. The van der Waals surface area contributed by atoms with E-state index < -0.39 is 0 Å². The average molecular weight is 394 g/mol. The van der Waals surface area contributed by atoms with Crippen LogP contribution in [0.1, 0.15) is 24.8 Å². The smallest absolute Gasteiger partial charge is 0.264 e. The normalized spacial score (nSPS) is 17.5. The van der Waals surface area contributed by atoms with Gasteiger partial charge < -0.3 is 5.32 Å². The summed E-state index contributed by atoms with van der Waals surface area (Å²) in [5, 5.41) is 7.48. The maximum absolute atomic E-state index is 12.5. The first-order valence-corrected chi connectivity index (χ1v) is 10.0. The van der Waals surface area contributed by atoms with Crippen LogP contribution in [0.2, 0.25) is 0 Å². The molecule has 152 valence electrons. The first-order chi connectivity index (χ1) is 14.1. The number of fused-ring (bicyclic) bond motifs is 1. The molecule has 3 aromatic rings. The molecular weight excluding hydrogens is 368 g/mol. The number of hydrogen-bond donors (Lipinski definition) is 1. The van der Waals surface area contributed by atoms with Crippen LogP contribution in [0.15, 0.2) is 47.7 Å². The number of amides is 1. The molecule has 1 fully saturated rings. The SMILES string of the molecule is Cn1ncc2c(=O)n(CC(=O)NCC3CCCCN3Cc3ccccc3)cnc21. The Hall–Kier alpha value is -3.00. The van der Waals surface area contributed by atoms with Crippen LogP contribution in [0.25, 0.3) is 11.0 Å². The molecule has 1 aliphatic heterocycles. The van der Waals surface area contributed by atoms with Crippen LogP contribution in [-0.2, 0) is 24.9 Å². The maximum atomic E-state index is 12.5. The monoisotopic (exact) mass is 394 g/mol. The summed E-state index contributed by atoms with van der Waals surface area (Å²) in [5.41, 5.74) is 1.56. The summed E-state index contributed by atoms with van der Waals surface area (Å²) in [5.74, 6) is -0.178.